The maximum Gasteiger partial charge on any atom is 0.150 e. The van der Waals surface area contributed by atoms with Crippen LogP contribution >= 0.6 is 0 Å². The van der Waals surface area contributed by atoms with Crippen LogP contribution in [0.1, 0.15) is 58.1 Å². The molecule has 1 aromatic carbocycles. The highest BCUT2D eigenvalue weighted by Gasteiger charge is 2.19. The molecule has 1 aromatic heterocycles. The molecule has 2 aromatic rings. The van der Waals surface area contributed by atoms with Crippen molar-refractivity contribution in [3.63, 3.8) is 0 Å². The molecule has 122 valence electrons. The summed E-state index contributed by atoms with van der Waals surface area (Å²) in [5.41, 5.74) is 12.1. The zero-order valence-electron chi connectivity index (χ0n) is 14.7. The second-order valence-corrected chi connectivity index (χ2v) is 7.97. The molecule has 3 heteroatoms. The molecule has 2 N–H and O–H groups in total. The van der Waals surface area contributed by atoms with E-state index < -0.39 is 0 Å². The minimum atomic E-state index is 0.431. The molecule has 0 spiro atoms. The van der Waals surface area contributed by atoms with Crippen LogP contribution in [0, 0.1) is 5.41 Å². The Balaban J connectivity index is 1.80. The Morgan fingerprint density at radius 1 is 1.17 bits per heavy atom. The standard InChI is InChI=1S/C20H27N3/c1-13-11-16-15-12-14(7-5-6-10-20(2,3)4)8-9-17(15)23-19(21)18(16)22-13/h8-9,12H,5-7,10-11H2,1-4H3,(H2,21,23). The fourth-order valence-corrected chi connectivity index (χ4v) is 3.32. The van der Waals surface area contributed by atoms with Crippen molar-refractivity contribution in [1.29, 1.82) is 0 Å². The van der Waals surface area contributed by atoms with Gasteiger partial charge in [-0.3, -0.25) is 4.99 Å². The summed E-state index contributed by atoms with van der Waals surface area (Å²) in [6.07, 6.45) is 5.82. The lowest BCUT2D eigenvalue weighted by molar-refractivity contribution is 0.360. The molecule has 0 saturated heterocycles. The van der Waals surface area contributed by atoms with Gasteiger partial charge in [0.1, 0.15) is 11.5 Å². The first-order valence-corrected chi connectivity index (χ1v) is 8.59. The fourth-order valence-electron chi connectivity index (χ4n) is 3.32. The van der Waals surface area contributed by atoms with Crippen molar-refractivity contribution in [2.75, 3.05) is 5.73 Å². The maximum atomic E-state index is 6.06. The summed E-state index contributed by atoms with van der Waals surface area (Å²) in [4.78, 5) is 9.09. The van der Waals surface area contributed by atoms with E-state index in [0.717, 1.165) is 29.8 Å². The minimum absolute atomic E-state index is 0.431. The monoisotopic (exact) mass is 309 g/mol. The number of aliphatic imine (C=N–C) groups is 1. The van der Waals surface area contributed by atoms with Gasteiger partial charge >= 0.3 is 0 Å². The summed E-state index contributed by atoms with van der Waals surface area (Å²) in [6.45, 7) is 8.99. The van der Waals surface area contributed by atoms with E-state index in [1.54, 1.807) is 0 Å². The lowest BCUT2D eigenvalue weighted by Crippen LogP contribution is -2.04. The van der Waals surface area contributed by atoms with Gasteiger partial charge in [-0.15, -0.1) is 0 Å². The maximum absolute atomic E-state index is 6.06. The van der Waals surface area contributed by atoms with Crippen LogP contribution in [0.3, 0.4) is 0 Å². The van der Waals surface area contributed by atoms with Gasteiger partial charge in [-0.1, -0.05) is 33.3 Å². The number of benzene rings is 1. The predicted molar refractivity (Wildman–Crippen MR) is 99.6 cm³/mol. The molecule has 1 aliphatic rings. The number of unbranched alkanes of at least 4 members (excludes halogenated alkanes) is 1. The molecule has 0 saturated carbocycles. The third-order valence-electron chi connectivity index (χ3n) is 4.53. The first-order chi connectivity index (χ1) is 10.8. The highest BCUT2D eigenvalue weighted by molar-refractivity contribution is 6.02. The zero-order valence-corrected chi connectivity index (χ0v) is 14.7. The Labute approximate surface area is 139 Å². The smallest absolute Gasteiger partial charge is 0.150 e. The molecule has 1 aliphatic heterocycles. The van der Waals surface area contributed by atoms with Gasteiger partial charge in [0.15, 0.2) is 0 Å². The topological polar surface area (TPSA) is 51.3 Å². The lowest BCUT2D eigenvalue weighted by atomic mass is 9.89. The number of aromatic nitrogens is 1. The molecule has 0 fully saturated rings. The van der Waals surface area contributed by atoms with Gasteiger partial charge in [0.2, 0.25) is 0 Å². The number of hydrogen-bond acceptors (Lipinski definition) is 3. The van der Waals surface area contributed by atoms with Crippen LogP contribution in [0.25, 0.3) is 10.9 Å². The number of anilines is 1. The first kappa shape index (κ1) is 16.0. The fraction of sp³-hybridized carbons (Fsp3) is 0.500. The Morgan fingerprint density at radius 3 is 2.70 bits per heavy atom. The van der Waals surface area contributed by atoms with Crippen LogP contribution in [0.2, 0.25) is 0 Å². The number of rotatable bonds is 4. The Bertz CT molecular complexity index is 767. The normalized spacial score (nSPS) is 14.2. The average molecular weight is 309 g/mol. The Kier molecular flexibility index (Phi) is 4.13. The van der Waals surface area contributed by atoms with Crippen LogP contribution in [-0.4, -0.2) is 10.7 Å². The molecule has 0 radical (unpaired) electrons. The Hall–Kier alpha value is -1.90. The van der Waals surface area contributed by atoms with E-state index in [4.69, 9.17) is 5.73 Å². The highest BCUT2D eigenvalue weighted by Crippen LogP contribution is 2.37. The number of pyridine rings is 1. The van der Waals surface area contributed by atoms with Crippen LogP contribution < -0.4 is 5.73 Å². The summed E-state index contributed by atoms with van der Waals surface area (Å²) in [5, 5.41) is 1.23. The Morgan fingerprint density at radius 2 is 1.96 bits per heavy atom. The summed E-state index contributed by atoms with van der Waals surface area (Å²) in [5.74, 6) is 0.558. The summed E-state index contributed by atoms with van der Waals surface area (Å²) in [7, 11) is 0. The number of nitrogens with zero attached hydrogens (tertiary/aromatic N) is 2. The number of nitrogen functional groups attached to an aromatic ring is 1. The van der Waals surface area contributed by atoms with Crippen molar-refractivity contribution in [3.8, 4) is 0 Å². The van der Waals surface area contributed by atoms with E-state index >= 15 is 0 Å². The van der Waals surface area contributed by atoms with Crippen LogP contribution in [0.4, 0.5) is 11.5 Å². The van der Waals surface area contributed by atoms with Crippen molar-refractivity contribution >= 4 is 28.1 Å². The quantitative estimate of drug-likeness (QED) is 0.787. The predicted octanol–water partition coefficient (Wildman–Crippen LogP) is 5.22. The SMILES string of the molecule is CC1=Nc2c(N)nc3ccc(CCCCC(C)(C)C)cc3c2C1. The number of hydrogen-bond donors (Lipinski definition) is 1. The highest BCUT2D eigenvalue weighted by atomic mass is 14.9. The van der Waals surface area contributed by atoms with Gasteiger partial charge in [0, 0.05) is 17.5 Å². The lowest BCUT2D eigenvalue weighted by Gasteiger charge is -2.17. The van der Waals surface area contributed by atoms with E-state index in [-0.39, 0.29) is 0 Å². The van der Waals surface area contributed by atoms with Crippen molar-refractivity contribution in [2.24, 2.45) is 10.4 Å². The van der Waals surface area contributed by atoms with Crippen LogP contribution in [0.5, 0.6) is 0 Å². The zero-order chi connectivity index (χ0) is 16.6. The van der Waals surface area contributed by atoms with Crippen LogP contribution in [0.15, 0.2) is 23.2 Å². The molecule has 0 amide bonds. The van der Waals surface area contributed by atoms with Gasteiger partial charge in [-0.2, -0.15) is 0 Å². The summed E-state index contributed by atoms with van der Waals surface area (Å²) < 4.78 is 0. The molecule has 0 unspecified atom stereocenters. The van der Waals surface area contributed by atoms with E-state index in [2.05, 4.69) is 55.9 Å². The van der Waals surface area contributed by atoms with E-state index in [9.17, 15) is 0 Å². The van der Waals surface area contributed by atoms with Gasteiger partial charge < -0.3 is 5.73 Å². The third-order valence-corrected chi connectivity index (χ3v) is 4.53. The molecule has 0 aliphatic carbocycles. The van der Waals surface area contributed by atoms with Crippen molar-refractivity contribution in [1.82, 2.24) is 4.98 Å². The van der Waals surface area contributed by atoms with E-state index in [1.165, 1.54) is 35.8 Å². The molecule has 3 nitrogen and oxygen atoms in total. The first-order valence-electron chi connectivity index (χ1n) is 8.59. The molecule has 0 atom stereocenters. The van der Waals surface area contributed by atoms with E-state index in [1.807, 2.05) is 0 Å². The van der Waals surface area contributed by atoms with Crippen molar-refractivity contribution < 1.29 is 0 Å². The van der Waals surface area contributed by atoms with Gasteiger partial charge in [-0.05, 0) is 54.9 Å². The van der Waals surface area contributed by atoms with Gasteiger partial charge in [0.05, 0.1) is 5.52 Å². The molecular weight excluding hydrogens is 282 g/mol. The minimum Gasteiger partial charge on any atom is -0.382 e. The molecular formula is C20H27N3. The molecule has 0 bridgehead atoms. The average Bonchev–Trinajstić information content (AvgIpc) is 2.86. The van der Waals surface area contributed by atoms with Crippen molar-refractivity contribution in [3.05, 3.63) is 29.3 Å². The molecule has 3 rings (SSSR count). The van der Waals surface area contributed by atoms with Gasteiger partial charge in [-0.25, -0.2) is 4.98 Å². The van der Waals surface area contributed by atoms with Crippen molar-refractivity contribution in [2.45, 2.75) is 59.8 Å². The number of aryl methyl sites for hydroxylation is 1. The van der Waals surface area contributed by atoms with Gasteiger partial charge in [0.25, 0.3) is 0 Å². The number of nitrogens with two attached hydrogens (primary N) is 1. The third kappa shape index (κ3) is 3.54. The molecule has 2 heterocycles. The molecule has 23 heavy (non-hydrogen) atoms. The second kappa shape index (κ2) is 5.95. The van der Waals surface area contributed by atoms with E-state index in [0.29, 0.717) is 11.2 Å². The second-order valence-electron chi connectivity index (χ2n) is 7.97. The van der Waals surface area contributed by atoms with Crippen LogP contribution in [-0.2, 0) is 12.8 Å². The summed E-state index contributed by atoms with van der Waals surface area (Å²) in [6, 6.07) is 6.60. The number of fused-ring (bicyclic) bond motifs is 3. The largest absolute Gasteiger partial charge is 0.382 e. The summed E-state index contributed by atoms with van der Waals surface area (Å²) >= 11 is 0.